The molecule has 0 bridgehead atoms. The fraction of sp³-hybridized carbons (Fsp3) is 0.647. The largest absolute Gasteiger partial charge is 0.486 e. The van der Waals surface area contributed by atoms with Gasteiger partial charge < -0.3 is 14.8 Å². The van der Waals surface area contributed by atoms with Crippen LogP contribution in [0.2, 0.25) is 0 Å². The van der Waals surface area contributed by atoms with Gasteiger partial charge in [-0.25, -0.2) is 0 Å². The summed E-state index contributed by atoms with van der Waals surface area (Å²) in [4.78, 5) is 0. The number of hydrogen-bond donors (Lipinski definition) is 1. The monoisotopic (exact) mass is 275 g/mol. The van der Waals surface area contributed by atoms with Crippen LogP contribution in [0.15, 0.2) is 24.3 Å². The third kappa shape index (κ3) is 3.09. The average Bonchev–Trinajstić information content (AvgIpc) is 2.48. The minimum atomic E-state index is 0.125. The Labute approximate surface area is 121 Å². The number of fused-ring (bicyclic) bond motifs is 1. The first kappa shape index (κ1) is 13.7. The van der Waals surface area contributed by atoms with Crippen molar-refractivity contribution in [1.82, 2.24) is 5.32 Å². The lowest BCUT2D eigenvalue weighted by molar-refractivity contribution is 0.0844. The van der Waals surface area contributed by atoms with E-state index in [-0.39, 0.29) is 6.10 Å². The maximum atomic E-state index is 5.98. The summed E-state index contributed by atoms with van der Waals surface area (Å²) >= 11 is 0. The molecule has 3 heteroatoms. The minimum absolute atomic E-state index is 0.125. The van der Waals surface area contributed by atoms with Crippen LogP contribution in [-0.4, -0.2) is 25.3 Å². The molecule has 1 aliphatic carbocycles. The Morgan fingerprint density at radius 1 is 1.10 bits per heavy atom. The van der Waals surface area contributed by atoms with Gasteiger partial charge in [0.15, 0.2) is 11.5 Å². The topological polar surface area (TPSA) is 30.5 Å². The van der Waals surface area contributed by atoms with E-state index in [0.29, 0.717) is 12.6 Å². The van der Waals surface area contributed by atoms with Crippen LogP contribution >= 0.6 is 0 Å². The van der Waals surface area contributed by atoms with E-state index in [1.165, 1.54) is 19.3 Å². The molecule has 110 valence electrons. The normalized spacial score (nSPS) is 32.9. The molecule has 0 spiro atoms. The quantitative estimate of drug-likeness (QED) is 0.918. The van der Waals surface area contributed by atoms with Gasteiger partial charge in [-0.15, -0.1) is 0 Å². The highest BCUT2D eigenvalue weighted by atomic mass is 16.6. The lowest BCUT2D eigenvalue weighted by atomic mass is 9.79. The van der Waals surface area contributed by atoms with Crippen LogP contribution in [0.1, 0.15) is 33.1 Å². The molecule has 1 fully saturated rings. The predicted octanol–water partition coefficient (Wildman–Crippen LogP) is 3.24. The Kier molecular flexibility index (Phi) is 4.16. The number of nitrogens with one attached hydrogen (secondary N) is 1. The van der Waals surface area contributed by atoms with Crippen LogP contribution in [0.5, 0.6) is 11.5 Å². The first-order valence-electron chi connectivity index (χ1n) is 7.84. The standard InChI is InChI=1S/C17H25NO2/c1-12-7-8-14(9-13(12)2)18-10-15-11-19-16-5-3-4-6-17(16)20-15/h3-6,12-15,18H,7-11H2,1-2H3. The molecule has 1 aromatic carbocycles. The smallest absolute Gasteiger partial charge is 0.161 e. The van der Waals surface area contributed by atoms with Crippen molar-refractivity contribution in [2.45, 2.75) is 45.3 Å². The fourth-order valence-electron chi connectivity index (χ4n) is 3.19. The third-order valence-corrected chi connectivity index (χ3v) is 4.80. The first-order chi connectivity index (χ1) is 9.72. The van der Waals surface area contributed by atoms with Gasteiger partial charge in [0.05, 0.1) is 0 Å². The van der Waals surface area contributed by atoms with E-state index in [2.05, 4.69) is 19.2 Å². The molecule has 3 nitrogen and oxygen atoms in total. The van der Waals surface area contributed by atoms with Crippen molar-refractivity contribution in [2.75, 3.05) is 13.2 Å². The molecule has 20 heavy (non-hydrogen) atoms. The second kappa shape index (κ2) is 6.04. The fourth-order valence-corrected chi connectivity index (χ4v) is 3.19. The van der Waals surface area contributed by atoms with E-state index in [0.717, 1.165) is 29.9 Å². The van der Waals surface area contributed by atoms with Gasteiger partial charge in [-0.05, 0) is 43.2 Å². The summed E-state index contributed by atoms with van der Waals surface area (Å²) in [5, 5.41) is 3.67. The Balaban J connectivity index is 1.48. The zero-order valence-electron chi connectivity index (χ0n) is 12.5. The second-order valence-corrected chi connectivity index (χ2v) is 6.37. The lowest BCUT2D eigenvalue weighted by Gasteiger charge is -2.34. The zero-order valence-corrected chi connectivity index (χ0v) is 12.5. The molecular weight excluding hydrogens is 250 g/mol. The lowest BCUT2D eigenvalue weighted by Crippen LogP contribution is -2.44. The van der Waals surface area contributed by atoms with Crippen LogP contribution in [0.3, 0.4) is 0 Å². The minimum Gasteiger partial charge on any atom is -0.486 e. The van der Waals surface area contributed by atoms with Crippen LogP contribution in [0, 0.1) is 11.8 Å². The van der Waals surface area contributed by atoms with E-state index in [1.54, 1.807) is 0 Å². The molecule has 4 atom stereocenters. The van der Waals surface area contributed by atoms with Gasteiger partial charge >= 0.3 is 0 Å². The van der Waals surface area contributed by atoms with Crippen molar-refractivity contribution in [3.05, 3.63) is 24.3 Å². The van der Waals surface area contributed by atoms with Crippen molar-refractivity contribution in [1.29, 1.82) is 0 Å². The van der Waals surface area contributed by atoms with Crippen molar-refractivity contribution in [3.63, 3.8) is 0 Å². The Hall–Kier alpha value is -1.22. The number of ether oxygens (including phenoxy) is 2. The Bertz CT molecular complexity index is 448. The maximum absolute atomic E-state index is 5.98. The highest BCUT2D eigenvalue weighted by Crippen LogP contribution is 2.31. The van der Waals surface area contributed by atoms with Crippen molar-refractivity contribution < 1.29 is 9.47 Å². The molecule has 0 amide bonds. The summed E-state index contributed by atoms with van der Waals surface area (Å²) in [5.74, 6) is 3.43. The number of benzene rings is 1. The van der Waals surface area contributed by atoms with E-state index >= 15 is 0 Å². The molecule has 4 unspecified atom stereocenters. The number of para-hydroxylation sites is 2. The van der Waals surface area contributed by atoms with Gasteiger partial charge in [0.25, 0.3) is 0 Å². The van der Waals surface area contributed by atoms with E-state index in [9.17, 15) is 0 Å². The molecule has 1 heterocycles. The van der Waals surface area contributed by atoms with Gasteiger partial charge in [-0.2, -0.15) is 0 Å². The summed E-state index contributed by atoms with van der Waals surface area (Å²) in [6.07, 6.45) is 4.03. The summed E-state index contributed by atoms with van der Waals surface area (Å²) in [6, 6.07) is 8.55. The molecule has 0 saturated heterocycles. The third-order valence-electron chi connectivity index (χ3n) is 4.80. The average molecular weight is 275 g/mol. The highest BCUT2D eigenvalue weighted by Gasteiger charge is 2.26. The van der Waals surface area contributed by atoms with Gasteiger partial charge in [0.2, 0.25) is 0 Å². The Morgan fingerprint density at radius 2 is 1.90 bits per heavy atom. The van der Waals surface area contributed by atoms with Gasteiger partial charge in [0.1, 0.15) is 12.7 Å². The second-order valence-electron chi connectivity index (χ2n) is 6.37. The molecule has 0 radical (unpaired) electrons. The van der Waals surface area contributed by atoms with Crippen molar-refractivity contribution in [3.8, 4) is 11.5 Å². The SMILES string of the molecule is CC1CCC(NCC2COc3ccccc3O2)CC1C. The van der Waals surface area contributed by atoms with Crippen LogP contribution in [0.4, 0.5) is 0 Å². The highest BCUT2D eigenvalue weighted by molar-refractivity contribution is 5.40. The van der Waals surface area contributed by atoms with Gasteiger partial charge in [0, 0.05) is 12.6 Å². The van der Waals surface area contributed by atoms with Crippen LogP contribution in [0.25, 0.3) is 0 Å². The summed E-state index contributed by atoms with van der Waals surface area (Å²) in [7, 11) is 0. The summed E-state index contributed by atoms with van der Waals surface area (Å²) in [6.45, 7) is 6.26. The zero-order chi connectivity index (χ0) is 13.9. The van der Waals surface area contributed by atoms with Crippen molar-refractivity contribution in [2.24, 2.45) is 11.8 Å². The molecule has 1 aromatic rings. The van der Waals surface area contributed by atoms with E-state index < -0.39 is 0 Å². The molecule has 1 N–H and O–H groups in total. The first-order valence-corrected chi connectivity index (χ1v) is 7.84. The molecule has 0 aromatic heterocycles. The van der Waals surface area contributed by atoms with Crippen molar-refractivity contribution >= 4 is 0 Å². The maximum Gasteiger partial charge on any atom is 0.161 e. The summed E-state index contributed by atoms with van der Waals surface area (Å²) < 4.78 is 11.7. The molecule has 3 rings (SSSR count). The summed E-state index contributed by atoms with van der Waals surface area (Å²) in [5.41, 5.74) is 0. The predicted molar refractivity (Wildman–Crippen MR) is 80.3 cm³/mol. The van der Waals surface area contributed by atoms with Crippen LogP contribution in [-0.2, 0) is 0 Å². The molecule has 1 aliphatic heterocycles. The van der Waals surface area contributed by atoms with E-state index in [4.69, 9.17) is 9.47 Å². The Morgan fingerprint density at radius 3 is 2.70 bits per heavy atom. The molecular formula is C17H25NO2. The number of hydrogen-bond acceptors (Lipinski definition) is 3. The van der Waals surface area contributed by atoms with Gasteiger partial charge in [-0.3, -0.25) is 0 Å². The molecule has 1 saturated carbocycles. The molecule has 2 aliphatic rings. The van der Waals surface area contributed by atoms with Gasteiger partial charge in [-0.1, -0.05) is 26.0 Å². The number of rotatable bonds is 3. The van der Waals surface area contributed by atoms with Crippen LogP contribution < -0.4 is 14.8 Å². The van der Waals surface area contributed by atoms with E-state index in [1.807, 2.05) is 24.3 Å².